The standard InChI is InChI=1S/C14H13N3O2/c15-6-8-4-5-11-12-9(8)2-1-3-10(12)13(18)17(7-16)14(11)19/h1-5H,6-7,15-16H2. The molecule has 19 heavy (non-hydrogen) atoms. The van der Waals surface area contributed by atoms with Gasteiger partial charge in [0.2, 0.25) is 0 Å². The van der Waals surface area contributed by atoms with Crippen LogP contribution in [-0.4, -0.2) is 23.4 Å². The zero-order valence-corrected chi connectivity index (χ0v) is 10.2. The lowest BCUT2D eigenvalue weighted by atomic mass is 9.91. The van der Waals surface area contributed by atoms with Gasteiger partial charge >= 0.3 is 0 Å². The normalized spacial score (nSPS) is 14.3. The summed E-state index contributed by atoms with van der Waals surface area (Å²) < 4.78 is 0. The Morgan fingerprint density at radius 2 is 1.63 bits per heavy atom. The molecule has 5 nitrogen and oxygen atoms in total. The van der Waals surface area contributed by atoms with Gasteiger partial charge in [0.1, 0.15) is 0 Å². The molecule has 96 valence electrons. The van der Waals surface area contributed by atoms with E-state index in [-0.39, 0.29) is 18.5 Å². The monoisotopic (exact) mass is 255 g/mol. The molecule has 2 aromatic carbocycles. The van der Waals surface area contributed by atoms with Crippen LogP contribution in [0, 0.1) is 0 Å². The molecule has 0 fully saturated rings. The Bertz CT molecular complexity index is 687. The van der Waals surface area contributed by atoms with Crippen molar-refractivity contribution in [3.63, 3.8) is 0 Å². The number of nitrogens with two attached hydrogens (primary N) is 2. The molecule has 0 atom stereocenters. The van der Waals surface area contributed by atoms with Gasteiger partial charge in [0.25, 0.3) is 11.8 Å². The fourth-order valence-corrected chi connectivity index (χ4v) is 2.55. The number of amides is 2. The predicted octanol–water partition coefficient (Wildman–Crippen LogP) is 0.811. The van der Waals surface area contributed by atoms with Crippen molar-refractivity contribution in [3.8, 4) is 0 Å². The van der Waals surface area contributed by atoms with Crippen LogP contribution in [0.3, 0.4) is 0 Å². The van der Waals surface area contributed by atoms with Gasteiger partial charge in [0.15, 0.2) is 0 Å². The Balaban J connectivity index is 2.42. The van der Waals surface area contributed by atoms with Gasteiger partial charge in [0.05, 0.1) is 6.67 Å². The molecule has 0 unspecified atom stereocenters. The fraction of sp³-hybridized carbons (Fsp3) is 0.143. The van der Waals surface area contributed by atoms with Gasteiger partial charge in [-0.05, 0) is 23.1 Å². The molecule has 3 rings (SSSR count). The summed E-state index contributed by atoms with van der Waals surface area (Å²) in [5.74, 6) is -0.695. The van der Waals surface area contributed by atoms with Crippen LogP contribution in [0.15, 0.2) is 30.3 Å². The van der Waals surface area contributed by atoms with Gasteiger partial charge in [0, 0.05) is 23.1 Å². The average Bonchev–Trinajstić information content (AvgIpc) is 2.44. The minimum absolute atomic E-state index is 0.119. The second-order valence-electron chi connectivity index (χ2n) is 4.43. The first-order valence-electron chi connectivity index (χ1n) is 6.00. The Morgan fingerprint density at radius 1 is 0.947 bits per heavy atom. The third-order valence-corrected chi connectivity index (χ3v) is 3.48. The number of carbonyl (C=O) groups excluding carboxylic acids is 2. The predicted molar refractivity (Wildman–Crippen MR) is 71.4 cm³/mol. The Kier molecular flexibility index (Phi) is 2.58. The Hall–Kier alpha value is -2.24. The summed E-state index contributed by atoms with van der Waals surface area (Å²) in [6.07, 6.45) is 0. The highest BCUT2D eigenvalue weighted by atomic mass is 16.2. The molecule has 1 heterocycles. The molecule has 1 aliphatic rings. The van der Waals surface area contributed by atoms with Crippen LogP contribution in [0.25, 0.3) is 10.8 Å². The highest BCUT2D eigenvalue weighted by Gasteiger charge is 2.32. The minimum Gasteiger partial charge on any atom is -0.326 e. The van der Waals surface area contributed by atoms with Gasteiger partial charge < -0.3 is 11.5 Å². The van der Waals surface area contributed by atoms with Crippen molar-refractivity contribution in [2.45, 2.75) is 6.54 Å². The maximum absolute atomic E-state index is 12.2. The Morgan fingerprint density at radius 3 is 2.26 bits per heavy atom. The van der Waals surface area contributed by atoms with Crippen molar-refractivity contribution in [3.05, 3.63) is 47.0 Å². The summed E-state index contributed by atoms with van der Waals surface area (Å²) in [5.41, 5.74) is 13.1. The van der Waals surface area contributed by atoms with Crippen molar-refractivity contribution in [2.75, 3.05) is 6.67 Å². The van der Waals surface area contributed by atoms with Crippen LogP contribution in [-0.2, 0) is 6.54 Å². The zero-order valence-electron chi connectivity index (χ0n) is 10.2. The molecule has 2 amide bonds. The van der Waals surface area contributed by atoms with Crippen LogP contribution >= 0.6 is 0 Å². The van der Waals surface area contributed by atoms with E-state index in [1.807, 2.05) is 12.1 Å². The summed E-state index contributed by atoms with van der Waals surface area (Å²) in [7, 11) is 0. The topological polar surface area (TPSA) is 89.4 Å². The maximum Gasteiger partial charge on any atom is 0.262 e. The maximum atomic E-state index is 12.2. The van der Waals surface area contributed by atoms with Crippen LogP contribution in [0.5, 0.6) is 0 Å². The molecule has 0 radical (unpaired) electrons. The molecule has 0 saturated carbocycles. The molecule has 0 aliphatic carbocycles. The number of nitrogens with zero attached hydrogens (tertiary/aromatic N) is 1. The van der Waals surface area contributed by atoms with Crippen LogP contribution in [0.4, 0.5) is 0 Å². The summed E-state index contributed by atoms with van der Waals surface area (Å²) in [5, 5.41) is 1.54. The van der Waals surface area contributed by atoms with E-state index in [1.54, 1.807) is 18.2 Å². The van der Waals surface area contributed by atoms with E-state index in [2.05, 4.69) is 0 Å². The summed E-state index contributed by atoms with van der Waals surface area (Å²) >= 11 is 0. The smallest absolute Gasteiger partial charge is 0.262 e. The van der Waals surface area contributed by atoms with Crippen molar-refractivity contribution < 1.29 is 9.59 Å². The highest BCUT2D eigenvalue weighted by Crippen LogP contribution is 2.31. The van der Waals surface area contributed by atoms with Gasteiger partial charge in [-0.15, -0.1) is 0 Å². The SMILES string of the molecule is NCc1ccc2c3c(cccc13)C(=O)N(CN)C2=O. The first-order chi connectivity index (χ1) is 9.19. The molecule has 0 saturated heterocycles. The summed E-state index contributed by atoms with van der Waals surface area (Å²) in [4.78, 5) is 25.5. The van der Waals surface area contributed by atoms with E-state index in [0.29, 0.717) is 23.1 Å². The molecule has 0 aromatic heterocycles. The lowest BCUT2D eigenvalue weighted by Gasteiger charge is -2.26. The molecule has 5 heteroatoms. The quantitative estimate of drug-likeness (QED) is 0.777. The van der Waals surface area contributed by atoms with Gasteiger partial charge in [-0.2, -0.15) is 0 Å². The van der Waals surface area contributed by atoms with Crippen molar-refractivity contribution in [1.82, 2.24) is 4.90 Å². The van der Waals surface area contributed by atoms with Crippen molar-refractivity contribution in [2.24, 2.45) is 11.5 Å². The molecular formula is C14H13N3O2. The third kappa shape index (κ3) is 1.49. The largest absolute Gasteiger partial charge is 0.326 e. The lowest BCUT2D eigenvalue weighted by molar-refractivity contribution is 0.0615. The van der Waals surface area contributed by atoms with E-state index in [9.17, 15) is 9.59 Å². The van der Waals surface area contributed by atoms with Crippen LogP contribution in [0.2, 0.25) is 0 Å². The van der Waals surface area contributed by atoms with Crippen molar-refractivity contribution in [1.29, 1.82) is 0 Å². The van der Waals surface area contributed by atoms with Crippen LogP contribution in [0.1, 0.15) is 26.3 Å². The Labute approximate surface area is 109 Å². The molecule has 4 N–H and O–H groups in total. The van der Waals surface area contributed by atoms with Crippen LogP contribution < -0.4 is 11.5 Å². The molecule has 0 spiro atoms. The number of imide groups is 1. The lowest BCUT2D eigenvalue weighted by Crippen LogP contribution is -2.43. The van der Waals surface area contributed by atoms with Gasteiger partial charge in [-0.25, -0.2) is 0 Å². The summed E-state index contributed by atoms with van der Waals surface area (Å²) in [6, 6.07) is 8.92. The molecule has 0 bridgehead atoms. The second-order valence-corrected chi connectivity index (χ2v) is 4.43. The number of hydrogen-bond donors (Lipinski definition) is 2. The van der Waals surface area contributed by atoms with E-state index in [1.165, 1.54) is 0 Å². The number of carbonyl (C=O) groups is 2. The second kappa shape index (κ2) is 4.15. The molecule has 1 aliphatic heterocycles. The molecule has 2 aromatic rings. The number of rotatable bonds is 2. The van der Waals surface area contributed by atoms with E-state index >= 15 is 0 Å². The van der Waals surface area contributed by atoms with Gasteiger partial charge in [-0.1, -0.05) is 18.2 Å². The van der Waals surface area contributed by atoms with Gasteiger partial charge in [-0.3, -0.25) is 14.5 Å². The number of hydrogen-bond acceptors (Lipinski definition) is 4. The average molecular weight is 255 g/mol. The molecular weight excluding hydrogens is 242 g/mol. The van der Waals surface area contributed by atoms with E-state index < -0.39 is 0 Å². The summed E-state index contributed by atoms with van der Waals surface area (Å²) in [6.45, 7) is 0.245. The highest BCUT2D eigenvalue weighted by molar-refractivity contribution is 6.25. The zero-order chi connectivity index (χ0) is 13.6. The first kappa shape index (κ1) is 11.8. The first-order valence-corrected chi connectivity index (χ1v) is 6.00. The third-order valence-electron chi connectivity index (χ3n) is 3.48. The number of benzene rings is 2. The fourth-order valence-electron chi connectivity index (χ4n) is 2.55. The van der Waals surface area contributed by atoms with Crippen molar-refractivity contribution >= 4 is 22.6 Å². The van der Waals surface area contributed by atoms with E-state index in [0.717, 1.165) is 15.8 Å². The minimum atomic E-state index is -0.347. The van der Waals surface area contributed by atoms with E-state index in [4.69, 9.17) is 11.5 Å².